The molecular weight excluding hydrogens is 268 g/mol. The van der Waals surface area contributed by atoms with E-state index in [1.807, 2.05) is 12.1 Å². The molecule has 5 nitrogen and oxygen atoms in total. The number of methoxy groups -OCH3 is 1. The fourth-order valence-electron chi connectivity index (χ4n) is 2.75. The van der Waals surface area contributed by atoms with E-state index in [2.05, 4.69) is 11.0 Å². The molecule has 0 amide bonds. The van der Waals surface area contributed by atoms with Crippen molar-refractivity contribution in [2.24, 2.45) is 0 Å². The number of hydrogen-bond acceptors (Lipinski definition) is 5. The first-order chi connectivity index (χ1) is 10.2. The number of ether oxygens (including phenoxy) is 1. The number of fused-ring (bicyclic) bond motifs is 1. The lowest BCUT2D eigenvalue weighted by Gasteiger charge is -2.31. The zero-order chi connectivity index (χ0) is 14.8. The Balaban J connectivity index is 1.89. The highest BCUT2D eigenvalue weighted by molar-refractivity contribution is 5.66. The van der Waals surface area contributed by atoms with Crippen molar-refractivity contribution in [3.8, 4) is 5.75 Å². The molecule has 1 aromatic heterocycles. The van der Waals surface area contributed by atoms with Crippen LogP contribution in [0.5, 0.6) is 5.75 Å². The molecule has 2 heterocycles. The van der Waals surface area contributed by atoms with Crippen LogP contribution in [0.4, 0.5) is 11.4 Å². The highest BCUT2D eigenvalue weighted by Crippen LogP contribution is 2.32. The van der Waals surface area contributed by atoms with Crippen LogP contribution in [0.25, 0.3) is 0 Å². The maximum absolute atomic E-state index is 11.8. The Morgan fingerprint density at radius 1 is 1.43 bits per heavy atom. The molecule has 0 saturated carbocycles. The fourth-order valence-corrected chi connectivity index (χ4v) is 2.75. The predicted molar refractivity (Wildman–Crippen MR) is 81.8 cm³/mol. The third-order valence-corrected chi connectivity index (χ3v) is 3.80. The third-order valence-electron chi connectivity index (χ3n) is 3.80. The molecule has 5 heteroatoms. The smallest absolute Gasteiger partial charge is 0.227 e. The van der Waals surface area contributed by atoms with Gasteiger partial charge in [0.05, 0.1) is 13.7 Å². The second kappa shape index (κ2) is 5.52. The van der Waals surface area contributed by atoms with Gasteiger partial charge < -0.3 is 19.8 Å². The minimum Gasteiger partial charge on any atom is -0.490 e. The molecule has 1 aromatic carbocycles. The lowest BCUT2D eigenvalue weighted by atomic mass is 10.00. The molecule has 0 saturated heterocycles. The Hall–Kier alpha value is -2.43. The zero-order valence-electron chi connectivity index (χ0n) is 12.0. The number of nitrogens with two attached hydrogens (primary N) is 1. The number of anilines is 2. The maximum atomic E-state index is 11.8. The Kier molecular flexibility index (Phi) is 3.56. The van der Waals surface area contributed by atoms with Crippen LogP contribution in [-0.4, -0.2) is 13.7 Å². The van der Waals surface area contributed by atoms with E-state index >= 15 is 0 Å². The van der Waals surface area contributed by atoms with Crippen molar-refractivity contribution in [1.29, 1.82) is 0 Å². The quantitative estimate of drug-likeness (QED) is 0.876. The minimum absolute atomic E-state index is 0.163. The monoisotopic (exact) mass is 286 g/mol. The first-order valence-corrected chi connectivity index (χ1v) is 6.97. The summed E-state index contributed by atoms with van der Waals surface area (Å²) in [5.41, 5.74) is 9.01. The standard InChI is InChI=1S/C16H18N2O3/c1-20-16-10-21-11(8-15(16)19)9-18-7-3-4-12-13(17)5-2-6-14(12)18/h2,5-6,8,10H,3-4,7,9,17H2,1H3. The topological polar surface area (TPSA) is 68.7 Å². The predicted octanol–water partition coefficient (Wildman–Crippen LogP) is 2.18. The summed E-state index contributed by atoms with van der Waals surface area (Å²) < 4.78 is 10.4. The Morgan fingerprint density at radius 3 is 3.05 bits per heavy atom. The molecule has 0 fully saturated rings. The van der Waals surface area contributed by atoms with Crippen LogP contribution in [0.2, 0.25) is 0 Å². The van der Waals surface area contributed by atoms with Gasteiger partial charge in [0.25, 0.3) is 0 Å². The first kappa shape index (κ1) is 13.5. The molecule has 1 aliphatic rings. The number of hydrogen-bond donors (Lipinski definition) is 1. The van der Waals surface area contributed by atoms with Crippen LogP contribution in [0.1, 0.15) is 17.7 Å². The summed E-state index contributed by atoms with van der Waals surface area (Å²) in [5.74, 6) is 0.845. The van der Waals surface area contributed by atoms with Gasteiger partial charge in [-0.15, -0.1) is 0 Å². The van der Waals surface area contributed by atoms with Gasteiger partial charge in [-0.3, -0.25) is 4.79 Å². The summed E-state index contributed by atoms with van der Waals surface area (Å²) in [6.07, 6.45) is 3.40. The molecule has 21 heavy (non-hydrogen) atoms. The van der Waals surface area contributed by atoms with Gasteiger partial charge in [-0.25, -0.2) is 0 Å². The highest BCUT2D eigenvalue weighted by atomic mass is 16.5. The van der Waals surface area contributed by atoms with Gasteiger partial charge in [0.2, 0.25) is 11.2 Å². The van der Waals surface area contributed by atoms with Gasteiger partial charge in [-0.2, -0.15) is 0 Å². The molecule has 2 aromatic rings. The molecule has 0 bridgehead atoms. The van der Waals surface area contributed by atoms with Crippen LogP contribution in [0.3, 0.4) is 0 Å². The number of nitrogen functional groups attached to an aromatic ring is 1. The lowest BCUT2D eigenvalue weighted by molar-refractivity contribution is 0.377. The van der Waals surface area contributed by atoms with E-state index in [0.717, 1.165) is 30.8 Å². The van der Waals surface area contributed by atoms with E-state index in [4.69, 9.17) is 14.9 Å². The fraction of sp³-hybridized carbons (Fsp3) is 0.312. The van der Waals surface area contributed by atoms with Crippen molar-refractivity contribution in [3.63, 3.8) is 0 Å². The molecule has 3 rings (SSSR count). The van der Waals surface area contributed by atoms with Gasteiger partial charge in [0.15, 0.2) is 0 Å². The second-order valence-electron chi connectivity index (χ2n) is 5.15. The van der Waals surface area contributed by atoms with Crippen LogP contribution in [0, 0.1) is 0 Å². The van der Waals surface area contributed by atoms with Gasteiger partial charge in [-0.1, -0.05) is 6.07 Å². The summed E-state index contributed by atoms with van der Waals surface area (Å²) in [7, 11) is 1.45. The lowest BCUT2D eigenvalue weighted by Crippen LogP contribution is -2.29. The third kappa shape index (κ3) is 2.59. The molecule has 0 radical (unpaired) electrons. The minimum atomic E-state index is -0.163. The molecule has 1 aliphatic heterocycles. The van der Waals surface area contributed by atoms with E-state index in [1.54, 1.807) is 0 Å². The summed E-state index contributed by atoms with van der Waals surface area (Å²) in [5, 5.41) is 0. The molecule has 110 valence electrons. The van der Waals surface area contributed by atoms with Crippen molar-refractivity contribution < 1.29 is 9.15 Å². The Morgan fingerprint density at radius 2 is 2.29 bits per heavy atom. The molecule has 0 atom stereocenters. The summed E-state index contributed by atoms with van der Waals surface area (Å²) in [6, 6.07) is 7.43. The van der Waals surface area contributed by atoms with E-state index in [1.165, 1.54) is 25.0 Å². The van der Waals surface area contributed by atoms with E-state index in [0.29, 0.717) is 12.3 Å². The molecule has 0 unspecified atom stereocenters. The van der Waals surface area contributed by atoms with Gasteiger partial charge in [0, 0.05) is 24.0 Å². The van der Waals surface area contributed by atoms with Crippen LogP contribution in [0.15, 0.2) is 39.7 Å². The van der Waals surface area contributed by atoms with Crippen molar-refractivity contribution in [1.82, 2.24) is 0 Å². The number of rotatable bonds is 3. The van der Waals surface area contributed by atoms with Gasteiger partial charge in [-0.05, 0) is 30.5 Å². The molecule has 0 spiro atoms. The van der Waals surface area contributed by atoms with Crippen molar-refractivity contribution in [3.05, 3.63) is 52.1 Å². The van der Waals surface area contributed by atoms with Crippen molar-refractivity contribution >= 4 is 11.4 Å². The molecule has 2 N–H and O–H groups in total. The SMILES string of the molecule is COc1coc(CN2CCCc3c(N)cccc32)cc1=O. The van der Waals surface area contributed by atoms with Crippen LogP contribution >= 0.6 is 0 Å². The second-order valence-corrected chi connectivity index (χ2v) is 5.15. The molecule has 0 aliphatic carbocycles. The van der Waals surface area contributed by atoms with E-state index in [-0.39, 0.29) is 11.2 Å². The first-order valence-electron chi connectivity index (χ1n) is 6.97. The van der Waals surface area contributed by atoms with Gasteiger partial charge >= 0.3 is 0 Å². The van der Waals surface area contributed by atoms with E-state index in [9.17, 15) is 4.79 Å². The van der Waals surface area contributed by atoms with E-state index < -0.39 is 0 Å². The summed E-state index contributed by atoms with van der Waals surface area (Å²) in [6.45, 7) is 1.47. The summed E-state index contributed by atoms with van der Waals surface area (Å²) in [4.78, 5) is 14.0. The molecular formula is C16H18N2O3. The summed E-state index contributed by atoms with van der Waals surface area (Å²) >= 11 is 0. The average Bonchev–Trinajstić information content (AvgIpc) is 2.49. The largest absolute Gasteiger partial charge is 0.490 e. The number of benzene rings is 1. The number of nitrogens with zero attached hydrogens (tertiary/aromatic N) is 1. The highest BCUT2D eigenvalue weighted by Gasteiger charge is 2.19. The normalized spacial score (nSPS) is 13.9. The Bertz CT molecular complexity index is 709. The zero-order valence-corrected chi connectivity index (χ0v) is 12.0. The van der Waals surface area contributed by atoms with Crippen LogP contribution in [-0.2, 0) is 13.0 Å². The van der Waals surface area contributed by atoms with Gasteiger partial charge in [0.1, 0.15) is 12.0 Å². The van der Waals surface area contributed by atoms with Crippen molar-refractivity contribution in [2.75, 3.05) is 24.3 Å². The average molecular weight is 286 g/mol. The van der Waals surface area contributed by atoms with Crippen LogP contribution < -0.4 is 20.8 Å². The van der Waals surface area contributed by atoms with Crippen molar-refractivity contribution in [2.45, 2.75) is 19.4 Å². The maximum Gasteiger partial charge on any atom is 0.227 e. The Labute approximate surface area is 122 Å².